The van der Waals surface area contributed by atoms with Gasteiger partial charge < -0.3 is 10.1 Å². The molecule has 0 fully saturated rings. The molecule has 20 heavy (non-hydrogen) atoms. The zero-order valence-corrected chi connectivity index (χ0v) is 12.6. The van der Waals surface area contributed by atoms with Crippen molar-refractivity contribution in [2.75, 3.05) is 7.11 Å². The number of nitrogens with one attached hydrogen (secondary N) is 1. The van der Waals surface area contributed by atoms with E-state index in [9.17, 15) is 0 Å². The number of hydrogen-bond donors (Lipinski definition) is 1. The van der Waals surface area contributed by atoms with E-state index in [-0.39, 0.29) is 12.1 Å². The molecule has 0 saturated heterocycles. The summed E-state index contributed by atoms with van der Waals surface area (Å²) in [7, 11) is 1.66. The van der Waals surface area contributed by atoms with E-state index < -0.39 is 0 Å². The fraction of sp³-hybridized carbons (Fsp3) is 0.429. The number of ether oxygens (including phenoxy) is 1. The second-order valence-corrected chi connectivity index (χ2v) is 5.23. The Morgan fingerprint density at radius 3 is 2.85 bits per heavy atom. The van der Waals surface area contributed by atoms with Crippen molar-refractivity contribution in [2.24, 2.45) is 0 Å². The van der Waals surface area contributed by atoms with Crippen molar-refractivity contribution in [3.63, 3.8) is 0 Å². The first-order valence-electron chi connectivity index (χ1n) is 6.52. The lowest BCUT2D eigenvalue weighted by molar-refractivity contribution is 0.382. The lowest BCUT2D eigenvalue weighted by atomic mass is 10.1. The van der Waals surface area contributed by atoms with Gasteiger partial charge in [-0.2, -0.15) is 5.10 Å². The number of hydrogen-bond acceptors (Lipinski definition) is 4. The second kappa shape index (κ2) is 6.72. The maximum absolute atomic E-state index is 6.06. The Kier molecular flexibility index (Phi) is 4.98. The van der Waals surface area contributed by atoms with Crippen LogP contribution in [0.1, 0.15) is 25.5 Å². The zero-order valence-electron chi connectivity index (χ0n) is 11.9. The molecule has 0 aliphatic rings. The first kappa shape index (κ1) is 14.8. The molecule has 2 atom stereocenters. The Morgan fingerprint density at radius 1 is 1.40 bits per heavy atom. The Morgan fingerprint density at radius 2 is 2.20 bits per heavy atom. The highest BCUT2D eigenvalue weighted by Gasteiger charge is 2.14. The molecule has 1 N–H and O–H groups in total. The van der Waals surface area contributed by atoms with E-state index in [1.807, 2.05) is 18.2 Å². The monoisotopic (exact) mass is 294 g/mol. The highest BCUT2D eigenvalue weighted by Crippen LogP contribution is 2.28. The Hall–Kier alpha value is -1.59. The van der Waals surface area contributed by atoms with Gasteiger partial charge in [0.05, 0.1) is 13.7 Å². The molecule has 0 radical (unpaired) electrons. The largest absolute Gasteiger partial charge is 0.496 e. The molecule has 6 heteroatoms. The summed E-state index contributed by atoms with van der Waals surface area (Å²) in [6.07, 6.45) is 3.25. The van der Waals surface area contributed by atoms with Crippen LogP contribution < -0.4 is 10.1 Å². The molecule has 108 valence electrons. The van der Waals surface area contributed by atoms with Gasteiger partial charge >= 0.3 is 0 Å². The van der Waals surface area contributed by atoms with Gasteiger partial charge in [0.1, 0.15) is 18.4 Å². The number of benzene rings is 1. The van der Waals surface area contributed by atoms with Crippen molar-refractivity contribution < 1.29 is 4.74 Å². The average molecular weight is 295 g/mol. The quantitative estimate of drug-likeness (QED) is 0.890. The molecule has 2 rings (SSSR count). The van der Waals surface area contributed by atoms with Crippen molar-refractivity contribution in [1.82, 2.24) is 20.1 Å². The topological polar surface area (TPSA) is 52.0 Å². The molecule has 0 amide bonds. The third kappa shape index (κ3) is 3.71. The molecule has 1 heterocycles. The first-order valence-corrected chi connectivity index (χ1v) is 6.90. The molecule has 0 aliphatic carbocycles. The van der Waals surface area contributed by atoms with E-state index in [0.717, 1.165) is 17.9 Å². The fourth-order valence-corrected chi connectivity index (χ4v) is 2.40. The van der Waals surface area contributed by atoms with Crippen LogP contribution in [-0.2, 0) is 6.54 Å². The van der Waals surface area contributed by atoms with Crippen LogP contribution in [0.5, 0.6) is 5.75 Å². The summed E-state index contributed by atoms with van der Waals surface area (Å²) in [5.41, 5.74) is 1.05. The van der Waals surface area contributed by atoms with E-state index in [1.54, 1.807) is 18.1 Å². The van der Waals surface area contributed by atoms with Crippen molar-refractivity contribution in [3.05, 3.63) is 41.4 Å². The van der Waals surface area contributed by atoms with Gasteiger partial charge in [0.15, 0.2) is 0 Å². The van der Waals surface area contributed by atoms with Gasteiger partial charge in [-0.25, -0.2) is 4.98 Å². The van der Waals surface area contributed by atoms with E-state index in [2.05, 4.69) is 29.2 Å². The van der Waals surface area contributed by atoms with Gasteiger partial charge in [0, 0.05) is 22.7 Å². The van der Waals surface area contributed by atoms with Gasteiger partial charge in [-0.1, -0.05) is 11.6 Å². The number of methoxy groups -OCH3 is 1. The van der Waals surface area contributed by atoms with Crippen LogP contribution in [0, 0.1) is 0 Å². The highest BCUT2D eigenvalue weighted by molar-refractivity contribution is 6.30. The van der Waals surface area contributed by atoms with Crippen molar-refractivity contribution in [2.45, 2.75) is 32.5 Å². The molecular formula is C14H19ClN4O. The van der Waals surface area contributed by atoms with Crippen molar-refractivity contribution in [3.8, 4) is 5.75 Å². The summed E-state index contributed by atoms with van der Waals surface area (Å²) in [6.45, 7) is 4.95. The van der Waals surface area contributed by atoms with Crippen LogP contribution >= 0.6 is 11.6 Å². The minimum absolute atomic E-state index is 0.127. The van der Waals surface area contributed by atoms with Gasteiger partial charge in [0.25, 0.3) is 0 Å². The summed E-state index contributed by atoms with van der Waals surface area (Å²) >= 11 is 6.06. The summed E-state index contributed by atoms with van der Waals surface area (Å²) < 4.78 is 7.19. The van der Waals surface area contributed by atoms with E-state index >= 15 is 0 Å². The van der Waals surface area contributed by atoms with Gasteiger partial charge in [0.2, 0.25) is 0 Å². The summed E-state index contributed by atoms with van der Waals surface area (Å²) in [4.78, 5) is 3.94. The van der Waals surface area contributed by atoms with E-state index in [0.29, 0.717) is 5.02 Å². The highest BCUT2D eigenvalue weighted by atomic mass is 35.5. The van der Waals surface area contributed by atoms with Crippen molar-refractivity contribution in [1.29, 1.82) is 0 Å². The maximum atomic E-state index is 6.06. The van der Waals surface area contributed by atoms with Gasteiger partial charge in [-0.15, -0.1) is 0 Å². The lowest BCUT2D eigenvalue weighted by Crippen LogP contribution is -2.33. The molecule has 2 aromatic rings. The normalized spacial score (nSPS) is 14.0. The number of aromatic nitrogens is 3. The molecule has 1 aromatic heterocycles. The summed E-state index contributed by atoms with van der Waals surface area (Å²) in [5, 5.41) is 8.32. The van der Waals surface area contributed by atoms with Crippen LogP contribution in [0.3, 0.4) is 0 Å². The molecule has 0 bridgehead atoms. The molecule has 0 aliphatic heterocycles. The molecule has 0 saturated carbocycles. The molecular weight excluding hydrogens is 276 g/mol. The van der Waals surface area contributed by atoms with Gasteiger partial charge in [-0.05, 0) is 32.0 Å². The Labute approximate surface area is 123 Å². The molecule has 0 unspecified atom stereocenters. The fourth-order valence-electron chi connectivity index (χ4n) is 2.22. The van der Waals surface area contributed by atoms with E-state index in [4.69, 9.17) is 16.3 Å². The molecule has 1 aromatic carbocycles. The molecule has 5 nitrogen and oxygen atoms in total. The molecule has 0 spiro atoms. The van der Waals surface area contributed by atoms with E-state index in [1.165, 1.54) is 6.33 Å². The minimum Gasteiger partial charge on any atom is -0.496 e. The maximum Gasteiger partial charge on any atom is 0.137 e. The minimum atomic E-state index is 0.127. The van der Waals surface area contributed by atoms with Crippen LogP contribution in [0.4, 0.5) is 0 Å². The standard InChI is InChI=1S/C14H19ClN4O/c1-10(7-19-9-16-8-17-19)18-11(2)13-6-12(15)4-5-14(13)20-3/h4-6,8-11,18H,7H2,1-3H3/t10-,11+/m1/s1. The second-order valence-electron chi connectivity index (χ2n) is 4.79. The SMILES string of the molecule is COc1ccc(Cl)cc1[C@H](C)N[C@H](C)Cn1cncn1. The van der Waals surface area contributed by atoms with Crippen molar-refractivity contribution >= 4 is 11.6 Å². The lowest BCUT2D eigenvalue weighted by Gasteiger charge is -2.22. The van der Waals surface area contributed by atoms with Crippen LogP contribution in [0.2, 0.25) is 5.02 Å². The van der Waals surface area contributed by atoms with Crippen LogP contribution in [0.15, 0.2) is 30.9 Å². The summed E-state index contributed by atoms with van der Waals surface area (Å²) in [6, 6.07) is 6.02. The third-order valence-electron chi connectivity index (χ3n) is 3.12. The zero-order chi connectivity index (χ0) is 14.5. The average Bonchev–Trinajstić information content (AvgIpc) is 2.91. The smallest absolute Gasteiger partial charge is 0.137 e. The third-order valence-corrected chi connectivity index (χ3v) is 3.36. The van der Waals surface area contributed by atoms with Crippen LogP contribution in [-0.4, -0.2) is 27.9 Å². The predicted molar refractivity (Wildman–Crippen MR) is 79.0 cm³/mol. The Balaban J connectivity index is 2.03. The Bertz CT molecular complexity index is 544. The van der Waals surface area contributed by atoms with Gasteiger partial charge in [-0.3, -0.25) is 4.68 Å². The van der Waals surface area contributed by atoms with Crippen LogP contribution in [0.25, 0.3) is 0 Å². The number of nitrogens with zero attached hydrogens (tertiary/aromatic N) is 3. The summed E-state index contributed by atoms with van der Waals surface area (Å²) in [5.74, 6) is 0.836. The number of halogens is 1. The predicted octanol–water partition coefficient (Wildman–Crippen LogP) is 2.68. The first-order chi connectivity index (χ1) is 9.60. The number of rotatable bonds is 6.